The lowest BCUT2D eigenvalue weighted by Crippen LogP contribution is -2.06. The van der Waals surface area contributed by atoms with Crippen molar-refractivity contribution in [2.75, 3.05) is 0 Å². The summed E-state index contributed by atoms with van der Waals surface area (Å²) in [5.41, 5.74) is 13.6. The third-order valence-electron chi connectivity index (χ3n) is 3.51. The molecule has 0 spiro atoms. The van der Waals surface area contributed by atoms with Crippen molar-refractivity contribution in [3.8, 4) is 0 Å². The van der Waals surface area contributed by atoms with Crippen molar-refractivity contribution in [3.63, 3.8) is 0 Å². The van der Waals surface area contributed by atoms with Crippen LogP contribution in [-0.4, -0.2) is 0 Å². The molecule has 0 aliphatic heterocycles. The highest BCUT2D eigenvalue weighted by Gasteiger charge is 2.22. The van der Waals surface area contributed by atoms with Crippen LogP contribution >= 0.6 is 0 Å². The van der Waals surface area contributed by atoms with Crippen LogP contribution in [0.2, 0.25) is 0 Å². The van der Waals surface area contributed by atoms with E-state index in [1.54, 1.807) is 0 Å². The van der Waals surface area contributed by atoms with E-state index in [9.17, 15) is 0 Å². The Labute approximate surface area is 92.1 Å². The highest BCUT2D eigenvalue weighted by atomic mass is 14.6. The second-order valence-electron chi connectivity index (χ2n) is 4.61. The zero-order valence-corrected chi connectivity index (χ0v) is 9.53. The van der Waals surface area contributed by atoms with Crippen LogP contribution in [0.5, 0.6) is 0 Å². The van der Waals surface area contributed by atoms with Gasteiger partial charge in [-0.15, -0.1) is 0 Å². The summed E-state index contributed by atoms with van der Waals surface area (Å²) in [5.74, 6) is 0. The van der Waals surface area contributed by atoms with E-state index in [1.807, 2.05) is 0 Å². The third-order valence-corrected chi connectivity index (χ3v) is 3.51. The van der Waals surface area contributed by atoms with E-state index in [0.717, 1.165) is 31.4 Å². The summed E-state index contributed by atoms with van der Waals surface area (Å²) in [6.45, 7) is 10.4. The number of hydrogen-bond donors (Lipinski definition) is 1. The summed E-state index contributed by atoms with van der Waals surface area (Å²) in [6.07, 6.45) is 5.59. The smallest absolute Gasteiger partial charge is 0.0424 e. The second kappa shape index (κ2) is 3.73. The van der Waals surface area contributed by atoms with Crippen LogP contribution in [0, 0.1) is 0 Å². The predicted octanol–water partition coefficient (Wildman–Crippen LogP) is 3.61. The van der Waals surface area contributed by atoms with Gasteiger partial charge in [-0.3, -0.25) is 0 Å². The van der Waals surface area contributed by atoms with E-state index in [2.05, 4.69) is 20.1 Å². The molecule has 2 aliphatic rings. The minimum absolute atomic E-state index is 0.956. The first-order chi connectivity index (χ1) is 7.11. The first-order valence-electron chi connectivity index (χ1n) is 5.66. The highest BCUT2D eigenvalue weighted by molar-refractivity contribution is 5.55. The zero-order valence-electron chi connectivity index (χ0n) is 9.53. The summed E-state index contributed by atoms with van der Waals surface area (Å²) in [6, 6.07) is 0. The molecule has 0 aromatic heterocycles. The lowest BCUT2D eigenvalue weighted by Gasteiger charge is -2.11. The quantitative estimate of drug-likeness (QED) is 0.689. The van der Waals surface area contributed by atoms with E-state index in [0.29, 0.717) is 0 Å². The van der Waals surface area contributed by atoms with Crippen LogP contribution in [0.4, 0.5) is 0 Å². The van der Waals surface area contributed by atoms with Crippen molar-refractivity contribution in [2.24, 2.45) is 5.73 Å². The van der Waals surface area contributed by atoms with Gasteiger partial charge < -0.3 is 5.73 Å². The monoisotopic (exact) mass is 201 g/mol. The summed E-state index contributed by atoms with van der Waals surface area (Å²) in [7, 11) is 0. The maximum atomic E-state index is 6.26. The first-order valence-corrected chi connectivity index (χ1v) is 5.66. The van der Waals surface area contributed by atoms with Crippen molar-refractivity contribution >= 4 is 0 Å². The highest BCUT2D eigenvalue weighted by Crippen LogP contribution is 2.38. The minimum atomic E-state index is 0.956. The van der Waals surface area contributed by atoms with Gasteiger partial charge in [0.05, 0.1) is 0 Å². The fraction of sp³-hybridized carbons (Fsp3) is 0.429. The minimum Gasteiger partial charge on any atom is -0.398 e. The molecule has 2 N–H and O–H groups in total. The Balaban J connectivity index is 2.43. The summed E-state index contributed by atoms with van der Waals surface area (Å²) < 4.78 is 0. The summed E-state index contributed by atoms with van der Waals surface area (Å²) >= 11 is 0. The van der Waals surface area contributed by atoms with Crippen LogP contribution in [0.25, 0.3) is 0 Å². The Morgan fingerprint density at radius 3 is 2.27 bits per heavy atom. The summed E-state index contributed by atoms with van der Waals surface area (Å²) in [5, 5.41) is 0. The number of nitrogens with two attached hydrogens (primary N) is 1. The van der Waals surface area contributed by atoms with Gasteiger partial charge in [-0.25, -0.2) is 0 Å². The molecule has 0 amide bonds. The normalized spacial score (nSPS) is 25.4. The molecule has 1 nitrogen and oxygen atoms in total. The molecular formula is C14H19N. The molecule has 2 rings (SSSR count). The lowest BCUT2D eigenvalue weighted by molar-refractivity contribution is 0.929. The van der Waals surface area contributed by atoms with Gasteiger partial charge in [0, 0.05) is 5.70 Å². The van der Waals surface area contributed by atoms with Gasteiger partial charge in [0.2, 0.25) is 0 Å². The molecule has 1 heteroatoms. The van der Waals surface area contributed by atoms with Crippen molar-refractivity contribution < 1.29 is 0 Å². The molecule has 0 radical (unpaired) electrons. The van der Waals surface area contributed by atoms with Crippen molar-refractivity contribution in [2.45, 2.75) is 39.0 Å². The largest absolute Gasteiger partial charge is 0.398 e. The van der Waals surface area contributed by atoms with Crippen LogP contribution < -0.4 is 5.73 Å². The van der Waals surface area contributed by atoms with Crippen LogP contribution in [0.3, 0.4) is 0 Å². The molecule has 0 aromatic rings. The SMILES string of the molecule is C=C1CCC(C)=C1/C(N)=C1/CCCC1=C. The Kier molecular flexibility index (Phi) is 2.56. The molecule has 1 fully saturated rings. The zero-order chi connectivity index (χ0) is 11.0. The second-order valence-corrected chi connectivity index (χ2v) is 4.61. The number of hydrogen-bond acceptors (Lipinski definition) is 1. The van der Waals surface area contributed by atoms with Gasteiger partial charge in [0.25, 0.3) is 0 Å². The third kappa shape index (κ3) is 1.67. The van der Waals surface area contributed by atoms with E-state index in [-0.39, 0.29) is 0 Å². The van der Waals surface area contributed by atoms with E-state index < -0.39 is 0 Å². The van der Waals surface area contributed by atoms with Crippen molar-refractivity contribution in [1.29, 1.82) is 0 Å². The van der Waals surface area contributed by atoms with Crippen LogP contribution in [0.15, 0.2) is 46.7 Å². The molecule has 2 aliphatic carbocycles. The van der Waals surface area contributed by atoms with Gasteiger partial charge in [0.1, 0.15) is 0 Å². The van der Waals surface area contributed by atoms with E-state index in [4.69, 9.17) is 5.73 Å². The first kappa shape index (κ1) is 10.3. The molecular weight excluding hydrogens is 182 g/mol. The average molecular weight is 201 g/mol. The Morgan fingerprint density at radius 1 is 1.07 bits per heavy atom. The fourth-order valence-electron chi connectivity index (χ4n) is 2.59. The Hall–Kier alpha value is -1.24. The molecule has 15 heavy (non-hydrogen) atoms. The van der Waals surface area contributed by atoms with E-state index >= 15 is 0 Å². The summed E-state index contributed by atoms with van der Waals surface area (Å²) in [4.78, 5) is 0. The predicted molar refractivity (Wildman–Crippen MR) is 65.3 cm³/mol. The topological polar surface area (TPSA) is 26.0 Å². The van der Waals surface area contributed by atoms with Crippen molar-refractivity contribution in [1.82, 2.24) is 0 Å². The molecule has 0 atom stereocenters. The van der Waals surface area contributed by atoms with Gasteiger partial charge in [-0.1, -0.05) is 18.7 Å². The maximum absolute atomic E-state index is 6.26. The maximum Gasteiger partial charge on any atom is 0.0424 e. The standard InChI is InChI=1S/C14H19N/c1-9-5-4-6-12(9)14(15)13-10(2)7-8-11(13)3/h1-2,4-8,15H2,3H3/b14-12+. The number of rotatable bonds is 1. The van der Waals surface area contributed by atoms with Gasteiger partial charge >= 0.3 is 0 Å². The van der Waals surface area contributed by atoms with Gasteiger partial charge in [0.15, 0.2) is 0 Å². The molecule has 0 aromatic carbocycles. The lowest BCUT2D eigenvalue weighted by atomic mass is 9.99. The van der Waals surface area contributed by atoms with Crippen LogP contribution in [0.1, 0.15) is 39.0 Å². The van der Waals surface area contributed by atoms with Gasteiger partial charge in [-0.2, -0.15) is 0 Å². The molecule has 0 saturated heterocycles. The molecule has 80 valence electrons. The van der Waals surface area contributed by atoms with E-state index in [1.165, 1.54) is 34.3 Å². The Morgan fingerprint density at radius 2 is 1.80 bits per heavy atom. The fourth-order valence-corrected chi connectivity index (χ4v) is 2.59. The molecule has 0 bridgehead atoms. The molecule has 0 heterocycles. The van der Waals surface area contributed by atoms with Crippen molar-refractivity contribution in [3.05, 3.63) is 46.7 Å². The number of allylic oxidation sites excluding steroid dienone is 4. The Bertz CT molecular complexity index is 394. The molecule has 0 unspecified atom stereocenters. The molecule has 1 saturated carbocycles. The van der Waals surface area contributed by atoms with Gasteiger partial charge in [-0.05, 0) is 61.3 Å². The van der Waals surface area contributed by atoms with Crippen LogP contribution in [-0.2, 0) is 0 Å². The average Bonchev–Trinajstić information content (AvgIpc) is 2.73.